The summed E-state index contributed by atoms with van der Waals surface area (Å²) in [7, 11) is 0. The SMILES string of the molecule is CC(C)CCNc1c(Br)cc(Br)cc1C(=O)O. The summed E-state index contributed by atoms with van der Waals surface area (Å²) in [5.74, 6) is -0.343. The number of halogens is 2. The molecule has 1 rings (SSSR count). The number of hydrogen-bond donors (Lipinski definition) is 2. The molecule has 17 heavy (non-hydrogen) atoms. The van der Waals surface area contributed by atoms with Crippen LogP contribution in [-0.2, 0) is 0 Å². The molecule has 0 aliphatic carbocycles. The summed E-state index contributed by atoms with van der Waals surface area (Å²) in [5, 5.41) is 12.3. The smallest absolute Gasteiger partial charge is 0.337 e. The number of anilines is 1. The molecule has 3 nitrogen and oxygen atoms in total. The van der Waals surface area contributed by atoms with Crippen LogP contribution in [0, 0.1) is 5.92 Å². The number of carboxylic acids is 1. The predicted octanol–water partition coefficient (Wildman–Crippen LogP) is 4.37. The lowest BCUT2D eigenvalue weighted by Crippen LogP contribution is -2.10. The minimum atomic E-state index is -0.931. The molecule has 0 radical (unpaired) electrons. The number of carbonyl (C=O) groups is 1. The van der Waals surface area contributed by atoms with E-state index in [0.717, 1.165) is 21.9 Å². The molecule has 0 unspecified atom stereocenters. The van der Waals surface area contributed by atoms with Gasteiger partial charge >= 0.3 is 5.97 Å². The van der Waals surface area contributed by atoms with Crippen LogP contribution in [0.4, 0.5) is 5.69 Å². The first-order chi connectivity index (χ1) is 7.91. The second kappa shape index (κ2) is 6.40. The number of rotatable bonds is 5. The molecular weight excluding hydrogens is 350 g/mol. The Hall–Kier alpha value is -0.550. The van der Waals surface area contributed by atoms with Gasteiger partial charge in [-0.1, -0.05) is 29.8 Å². The highest BCUT2D eigenvalue weighted by molar-refractivity contribution is 9.11. The minimum Gasteiger partial charge on any atom is -0.478 e. The normalized spacial score (nSPS) is 10.6. The second-order valence-electron chi connectivity index (χ2n) is 4.22. The average Bonchev–Trinajstić information content (AvgIpc) is 2.19. The van der Waals surface area contributed by atoms with Gasteiger partial charge in [0.05, 0.1) is 11.3 Å². The standard InChI is InChI=1S/C12H15Br2NO2/c1-7(2)3-4-15-11-9(12(16)17)5-8(13)6-10(11)14/h5-7,15H,3-4H2,1-2H3,(H,16,17). The molecule has 0 aromatic heterocycles. The van der Waals surface area contributed by atoms with Crippen molar-refractivity contribution in [2.24, 2.45) is 5.92 Å². The summed E-state index contributed by atoms with van der Waals surface area (Å²) < 4.78 is 1.50. The fraction of sp³-hybridized carbons (Fsp3) is 0.417. The summed E-state index contributed by atoms with van der Waals surface area (Å²) in [4.78, 5) is 11.1. The Kier molecular flexibility index (Phi) is 5.46. The Morgan fingerprint density at radius 1 is 1.41 bits per heavy atom. The summed E-state index contributed by atoms with van der Waals surface area (Å²) in [6.07, 6.45) is 1.00. The van der Waals surface area contributed by atoms with Crippen molar-refractivity contribution in [3.63, 3.8) is 0 Å². The van der Waals surface area contributed by atoms with Crippen LogP contribution in [0.25, 0.3) is 0 Å². The van der Waals surface area contributed by atoms with Gasteiger partial charge < -0.3 is 10.4 Å². The first-order valence-electron chi connectivity index (χ1n) is 5.38. The van der Waals surface area contributed by atoms with Crippen LogP contribution in [0.2, 0.25) is 0 Å². The molecule has 94 valence electrons. The summed E-state index contributed by atoms with van der Waals surface area (Å²) in [6, 6.07) is 3.44. The van der Waals surface area contributed by atoms with Gasteiger partial charge in [0.25, 0.3) is 0 Å². The minimum absolute atomic E-state index is 0.273. The van der Waals surface area contributed by atoms with Gasteiger partial charge in [-0.3, -0.25) is 0 Å². The van der Waals surface area contributed by atoms with Gasteiger partial charge in [-0.15, -0.1) is 0 Å². The maximum Gasteiger partial charge on any atom is 0.337 e. The number of aromatic carboxylic acids is 1. The summed E-state index contributed by atoms with van der Waals surface area (Å²) >= 11 is 6.66. The van der Waals surface area contributed by atoms with Crippen molar-refractivity contribution in [1.82, 2.24) is 0 Å². The molecule has 0 bridgehead atoms. The van der Waals surface area contributed by atoms with Crippen LogP contribution in [0.5, 0.6) is 0 Å². The molecule has 1 aromatic rings. The lowest BCUT2D eigenvalue weighted by atomic mass is 10.1. The van der Waals surface area contributed by atoms with Crippen LogP contribution < -0.4 is 5.32 Å². The molecule has 0 aliphatic rings. The van der Waals surface area contributed by atoms with Crippen LogP contribution in [-0.4, -0.2) is 17.6 Å². The quantitative estimate of drug-likeness (QED) is 0.815. The van der Waals surface area contributed by atoms with Gasteiger partial charge in [-0.05, 0) is 40.4 Å². The number of benzene rings is 1. The Morgan fingerprint density at radius 3 is 2.59 bits per heavy atom. The van der Waals surface area contributed by atoms with Crippen LogP contribution >= 0.6 is 31.9 Å². The predicted molar refractivity (Wildman–Crippen MR) is 76.7 cm³/mol. The van der Waals surface area contributed by atoms with Crippen molar-refractivity contribution in [3.8, 4) is 0 Å². The van der Waals surface area contributed by atoms with Crippen molar-refractivity contribution < 1.29 is 9.90 Å². The van der Waals surface area contributed by atoms with Gasteiger partial charge in [0.1, 0.15) is 0 Å². The zero-order valence-electron chi connectivity index (χ0n) is 9.76. The molecule has 0 heterocycles. The summed E-state index contributed by atoms with van der Waals surface area (Å²) in [5.41, 5.74) is 0.913. The molecule has 2 N–H and O–H groups in total. The van der Waals surface area contributed by atoms with Crippen molar-refractivity contribution in [1.29, 1.82) is 0 Å². The van der Waals surface area contributed by atoms with Crippen LogP contribution in [0.15, 0.2) is 21.1 Å². The van der Waals surface area contributed by atoms with E-state index in [1.807, 2.05) is 6.07 Å². The topological polar surface area (TPSA) is 49.3 Å². The van der Waals surface area contributed by atoms with Gasteiger partial charge in [0.15, 0.2) is 0 Å². The molecule has 5 heteroatoms. The lowest BCUT2D eigenvalue weighted by Gasteiger charge is -2.13. The molecule has 1 aromatic carbocycles. The Labute approximate surface area is 118 Å². The Bertz CT molecular complexity index is 419. The monoisotopic (exact) mass is 363 g/mol. The molecule has 0 atom stereocenters. The number of carboxylic acid groups (broad SMARTS) is 1. The van der Waals surface area contributed by atoms with E-state index in [0.29, 0.717) is 11.6 Å². The van der Waals surface area contributed by atoms with E-state index in [9.17, 15) is 4.79 Å². The fourth-order valence-corrected chi connectivity index (χ4v) is 2.77. The third-order valence-electron chi connectivity index (χ3n) is 2.31. The number of hydrogen-bond acceptors (Lipinski definition) is 2. The Balaban J connectivity index is 2.92. The van der Waals surface area contributed by atoms with E-state index in [2.05, 4.69) is 51.0 Å². The second-order valence-corrected chi connectivity index (χ2v) is 5.99. The van der Waals surface area contributed by atoms with Gasteiger partial charge in [-0.2, -0.15) is 0 Å². The molecule has 0 aliphatic heterocycles. The van der Waals surface area contributed by atoms with E-state index in [4.69, 9.17) is 5.11 Å². The van der Waals surface area contributed by atoms with E-state index < -0.39 is 5.97 Å². The van der Waals surface area contributed by atoms with E-state index in [1.54, 1.807) is 6.07 Å². The lowest BCUT2D eigenvalue weighted by molar-refractivity contribution is 0.0698. The van der Waals surface area contributed by atoms with E-state index in [-0.39, 0.29) is 5.56 Å². The van der Waals surface area contributed by atoms with E-state index >= 15 is 0 Å². The molecule has 0 saturated carbocycles. The number of nitrogens with one attached hydrogen (secondary N) is 1. The van der Waals surface area contributed by atoms with Gasteiger partial charge in [0, 0.05) is 15.5 Å². The molecule has 0 saturated heterocycles. The molecular formula is C12H15Br2NO2. The first kappa shape index (κ1) is 14.5. The first-order valence-corrected chi connectivity index (χ1v) is 6.96. The maximum absolute atomic E-state index is 11.1. The largest absolute Gasteiger partial charge is 0.478 e. The summed E-state index contributed by atoms with van der Waals surface area (Å²) in [6.45, 7) is 5.03. The van der Waals surface area contributed by atoms with Crippen molar-refractivity contribution in [3.05, 3.63) is 26.6 Å². The Morgan fingerprint density at radius 2 is 2.06 bits per heavy atom. The van der Waals surface area contributed by atoms with Crippen molar-refractivity contribution >= 4 is 43.5 Å². The van der Waals surface area contributed by atoms with Crippen molar-refractivity contribution in [2.45, 2.75) is 20.3 Å². The highest BCUT2D eigenvalue weighted by atomic mass is 79.9. The average molecular weight is 365 g/mol. The highest BCUT2D eigenvalue weighted by Crippen LogP contribution is 2.30. The van der Waals surface area contributed by atoms with Gasteiger partial charge in [0.2, 0.25) is 0 Å². The zero-order chi connectivity index (χ0) is 13.0. The van der Waals surface area contributed by atoms with Crippen LogP contribution in [0.1, 0.15) is 30.6 Å². The zero-order valence-corrected chi connectivity index (χ0v) is 12.9. The van der Waals surface area contributed by atoms with Gasteiger partial charge in [-0.25, -0.2) is 4.79 Å². The molecule has 0 fully saturated rings. The fourth-order valence-electron chi connectivity index (χ4n) is 1.41. The third kappa shape index (κ3) is 4.32. The maximum atomic E-state index is 11.1. The highest BCUT2D eigenvalue weighted by Gasteiger charge is 2.14. The van der Waals surface area contributed by atoms with Crippen molar-refractivity contribution in [2.75, 3.05) is 11.9 Å². The van der Waals surface area contributed by atoms with Crippen LogP contribution in [0.3, 0.4) is 0 Å². The molecule has 0 spiro atoms. The molecule has 0 amide bonds. The van der Waals surface area contributed by atoms with E-state index in [1.165, 1.54) is 0 Å². The third-order valence-corrected chi connectivity index (χ3v) is 3.39.